The van der Waals surface area contributed by atoms with Gasteiger partial charge in [0, 0.05) is 17.6 Å². The number of aryl methyl sites for hydroxylation is 1. The summed E-state index contributed by atoms with van der Waals surface area (Å²) in [5.74, 6) is 0.277. The number of hydrogen-bond donors (Lipinski definition) is 1. The van der Waals surface area contributed by atoms with E-state index in [0.717, 1.165) is 17.5 Å². The Kier molecular flexibility index (Phi) is 9.18. The molecular weight excluding hydrogens is 400 g/mol. The van der Waals surface area contributed by atoms with Gasteiger partial charge in [0.25, 0.3) is 5.91 Å². The first-order chi connectivity index (χ1) is 14.3. The van der Waals surface area contributed by atoms with Gasteiger partial charge in [0.2, 0.25) is 5.91 Å². The molecule has 2 amide bonds. The molecule has 162 valence electrons. The van der Waals surface area contributed by atoms with Gasteiger partial charge in [-0.15, -0.1) is 0 Å². The molecule has 0 aliphatic carbocycles. The SMILES string of the molecule is CC[C@@H](C)NC(=O)[C@@H](CC)N(Cc1ccc(Cl)cc1)C(=O)COc1ccccc1C. The number of ether oxygens (including phenoxy) is 1. The normalized spacial score (nSPS) is 12.7. The van der Waals surface area contributed by atoms with Crippen molar-refractivity contribution < 1.29 is 14.3 Å². The van der Waals surface area contributed by atoms with Crippen LogP contribution in [0.25, 0.3) is 0 Å². The van der Waals surface area contributed by atoms with Crippen LogP contribution in [0.5, 0.6) is 5.75 Å². The highest BCUT2D eigenvalue weighted by atomic mass is 35.5. The smallest absolute Gasteiger partial charge is 0.261 e. The first-order valence-electron chi connectivity index (χ1n) is 10.4. The van der Waals surface area contributed by atoms with Gasteiger partial charge in [-0.25, -0.2) is 0 Å². The zero-order valence-electron chi connectivity index (χ0n) is 18.2. The molecule has 0 aromatic heterocycles. The van der Waals surface area contributed by atoms with Crippen LogP contribution in [-0.2, 0) is 16.1 Å². The van der Waals surface area contributed by atoms with E-state index in [1.165, 1.54) is 0 Å². The molecule has 0 saturated heterocycles. The first kappa shape index (κ1) is 23.7. The lowest BCUT2D eigenvalue weighted by molar-refractivity contribution is -0.143. The molecule has 0 radical (unpaired) electrons. The van der Waals surface area contributed by atoms with Crippen molar-refractivity contribution in [3.8, 4) is 5.75 Å². The number of nitrogens with one attached hydrogen (secondary N) is 1. The van der Waals surface area contributed by atoms with E-state index < -0.39 is 6.04 Å². The van der Waals surface area contributed by atoms with Crippen LogP contribution in [0.15, 0.2) is 48.5 Å². The maximum Gasteiger partial charge on any atom is 0.261 e. The number of carbonyl (C=O) groups excluding carboxylic acids is 2. The quantitative estimate of drug-likeness (QED) is 0.591. The molecule has 2 atom stereocenters. The fourth-order valence-corrected chi connectivity index (χ4v) is 3.21. The summed E-state index contributed by atoms with van der Waals surface area (Å²) in [7, 11) is 0. The highest BCUT2D eigenvalue weighted by Gasteiger charge is 2.29. The number of carbonyl (C=O) groups is 2. The second kappa shape index (κ2) is 11.6. The number of nitrogens with zero attached hydrogens (tertiary/aromatic N) is 1. The average Bonchev–Trinajstić information content (AvgIpc) is 2.74. The Morgan fingerprint density at radius 1 is 1.07 bits per heavy atom. The van der Waals surface area contributed by atoms with Crippen molar-refractivity contribution in [2.75, 3.05) is 6.61 Å². The number of rotatable bonds is 10. The Bertz CT molecular complexity index is 839. The molecule has 0 aliphatic rings. The average molecular weight is 431 g/mol. The van der Waals surface area contributed by atoms with Crippen LogP contribution < -0.4 is 10.1 Å². The van der Waals surface area contributed by atoms with Crippen LogP contribution >= 0.6 is 11.6 Å². The second-order valence-corrected chi connectivity index (χ2v) is 7.88. The van der Waals surface area contributed by atoms with Gasteiger partial charge in [0.05, 0.1) is 0 Å². The topological polar surface area (TPSA) is 58.6 Å². The number of halogens is 1. The minimum atomic E-state index is -0.581. The van der Waals surface area contributed by atoms with Gasteiger partial charge in [-0.1, -0.05) is 55.8 Å². The van der Waals surface area contributed by atoms with Gasteiger partial charge in [0.1, 0.15) is 11.8 Å². The summed E-state index contributed by atoms with van der Waals surface area (Å²) in [6, 6.07) is 14.3. The van der Waals surface area contributed by atoms with E-state index in [4.69, 9.17) is 16.3 Å². The molecule has 0 heterocycles. The van der Waals surface area contributed by atoms with Crippen molar-refractivity contribution in [1.82, 2.24) is 10.2 Å². The molecule has 0 unspecified atom stereocenters. The third-order valence-electron chi connectivity index (χ3n) is 5.10. The minimum Gasteiger partial charge on any atom is -0.484 e. The number of benzene rings is 2. The first-order valence-corrected chi connectivity index (χ1v) is 10.8. The van der Waals surface area contributed by atoms with E-state index in [1.807, 2.05) is 64.1 Å². The lowest BCUT2D eigenvalue weighted by Gasteiger charge is -2.31. The summed E-state index contributed by atoms with van der Waals surface area (Å²) in [5, 5.41) is 3.62. The Balaban J connectivity index is 2.21. The lowest BCUT2D eigenvalue weighted by Crippen LogP contribution is -2.51. The van der Waals surface area contributed by atoms with Crippen molar-refractivity contribution in [3.63, 3.8) is 0 Å². The van der Waals surface area contributed by atoms with Crippen LogP contribution in [0, 0.1) is 6.92 Å². The molecule has 0 saturated carbocycles. The molecule has 1 N–H and O–H groups in total. The number of para-hydroxylation sites is 1. The van der Waals surface area contributed by atoms with Crippen molar-refractivity contribution >= 4 is 23.4 Å². The Hall–Kier alpha value is -2.53. The van der Waals surface area contributed by atoms with E-state index in [-0.39, 0.29) is 24.5 Å². The summed E-state index contributed by atoms with van der Waals surface area (Å²) in [6.07, 6.45) is 1.33. The molecular formula is C24H31ClN2O3. The fourth-order valence-electron chi connectivity index (χ4n) is 3.09. The Labute approximate surface area is 184 Å². The molecule has 2 rings (SSSR count). The standard InChI is InChI=1S/C24H31ClN2O3/c1-5-18(4)26-24(29)21(6-2)27(15-19-11-13-20(25)14-12-19)23(28)16-30-22-10-8-7-9-17(22)3/h7-14,18,21H,5-6,15-16H2,1-4H3,(H,26,29)/t18-,21-/m1/s1. The zero-order valence-corrected chi connectivity index (χ0v) is 18.9. The van der Waals surface area contributed by atoms with Crippen molar-refractivity contribution in [2.45, 2.75) is 59.2 Å². The number of hydrogen-bond acceptors (Lipinski definition) is 3. The van der Waals surface area contributed by atoms with Crippen molar-refractivity contribution in [2.24, 2.45) is 0 Å². The fraction of sp³-hybridized carbons (Fsp3) is 0.417. The maximum atomic E-state index is 13.2. The third-order valence-corrected chi connectivity index (χ3v) is 5.35. The summed E-state index contributed by atoms with van der Waals surface area (Å²) in [4.78, 5) is 27.6. The van der Waals surface area contributed by atoms with Crippen LogP contribution in [0.1, 0.15) is 44.7 Å². The molecule has 30 heavy (non-hydrogen) atoms. The van der Waals surface area contributed by atoms with Gasteiger partial charge >= 0.3 is 0 Å². The van der Waals surface area contributed by atoms with Crippen molar-refractivity contribution in [3.05, 3.63) is 64.7 Å². The van der Waals surface area contributed by atoms with Gasteiger partial charge in [-0.05, 0) is 56.0 Å². The molecule has 6 heteroatoms. The van der Waals surface area contributed by atoms with E-state index in [1.54, 1.807) is 17.0 Å². The van der Waals surface area contributed by atoms with Gasteiger partial charge in [0.15, 0.2) is 6.61 Å². The van der Waals surface area contributed by atoms with E-state index in [0.29, 0.717) is 23.7 Å². The Morgan fingerprint density at radius 3 is 2.33 bits per heavy atom. The van der Waals surface area contributed by atoms with Crippen LogP contribution in [0.2, 0.25) is 5.02 Å². The third kappa shape index (κ3) is 6.77. The zero-order chi connectivity index (χ0) is 22.1. The molecule has 0 aliphatic heterocycles. The molecule has 5 nitrogen and oxygen atoms in total. The van der Waals surface area contributed by atoms with Gasteiger partial charge < -0.3 is 15.0 Å². The molecule has 0 bridgehead atoms. The summed E-state index contributed by atoms with van der Waals surface area (Å²) >= 11 is 5.99. The summed E-state index contributed by atoms with van der Waals surface area (Å²) in [5.41, 5.74) is 1.86. The lowest BCUT2D eigenvalue weighted by atomic mass is 10.1. The number of amides is 2. The predicted octanol–water partition coefficient (Wildman–Crippen LogP) is 4.75. The largest absolute Gasteiger partial charge is 0.484 e. The highest BCUT2D eigenvalue weighted by molar-refractivity contribution is 6.30. The maximum absolute atomic E-state index is 13.2. The predicted molar refractivity (Wildman–Crippen MR) is 121 cm³/mol. The van der Waals surface area contributed by atoms with E-state index >= 15 is 0 Å². The van der Waals surface area contributed by atoms with Crippen molar-refractivity contribution in [1.29, 1.82) is 0 Å². The summed E-state index contributed by atoms with van der Waals surface area (Å²) in [6.45, 7) is 7.98. The van der Waals surface area contributed by atoms with Gasteiger partial charge in [-0.2, -0.15) is 0 Å². The molecule has 0 spiro atoms. The van der Waals surface area contributed by atoms with E-state index in [2.05, 4.69) is 5.32 Å². The van der Waals surface area contributed by atoms with Crippen LogP contribution in [0.3, 0.4) is 0 Å². The van der Waals surface area contributed by atoms with Crippen LogP contribution in [-0.4, -0.2) is 35.4 Å². The molecule has 2 aromatic rings. The van der Waals surface area contributed by atoms with Gasteiger partial charge in [-0.3, -0.25) is 9.59 Å². The van der Waals surface area contributed by atoms with E-state index in [9.17, 15) is 9.59 Å². The molecule has 2 aromatic carbocycles. The highest BCUT2D eigenvalue weighted by Crippen LogP contribution is 2.18. The Morgan fingerprint density at radius 2 is 1.73 bits per heavy atom. The minimum absolute atomic E-state index is 0.0438. The second-order valence-electron chi connectivity index (χ2n) is 7.44. The van der Waals surface area contributed by atoms with Crippen LogP contribution in [0.4, 0.5) is 0 Å². The summed E-state index contributed by atoms with van der Waals surface area (Å²) < 4.78 is 5.77. The monoisotopic (exact) mass is 430 g/mol. The molecule has 0 fully saturated rings.